The molecule has 0 bridgehead atoms. The van der Waals surface area contributed by atoms with Gasteiger partial charge in [-0.25, -0.2) is 4.98 Å². The Morgan fingerprint density at radius 3 is 2.77 bits per heavy atom. The molecule has 0 aliphatic carbocycles. The molecule has 0 fully saturated rings. The predicted octanol–water partition coefficient (Wildman–Crippen LogP) is 4.15. The van der Waals surface area contributed by atoms with Gasteiger partial charge < -0.3 is 14.8 Å². The largest absolute Gasteiger partial charge is 0.454 e. The van der Waals surface area contributed by atoms with Crippen LogP contribution in [-0.4, -0.2) is 22.3 Å². The smallest absolute Gasteiger partial charge is 0.271 e. The number of benzene rings is 2. The molecular formula is C21H14ClN3O4S. The topological polar surface area (TPSA) is 82.5 Å². The summed E-state index contributed by atoms with van der Waals surface area (Å²) in [5.74, 6) is 0.862. The first-order valence-electron chi connectivity index (χ1n) is 9.01. The number of fused-ring (bicyclic) bond motifs is 2. The number of amides is 1. The van der Waals surface area contributed by atoms with Crippen LogP contribution in [0.3, 0.4) is 0 Å². The molecule has 0 saturated heterocycles. The zero-order valence-electron chi connectivity index (χ0n) is 15.4. The highest BCUT2D eigenvalue weighted by Gasteiger charge is 2.16. The van der Waals surface area contributed by atoms with Crippen LogP contribution in [0.4, 0.5) is 5.69 Å². The second kappa shape index (κ2) is 7.47. The summed E-state index contributed by atoms with van der Waals surface area (Å²) in [7, 11) is 0. The van der Waals surface area contributed by atoms with Crippen molar-refractivity contribution in [2.24, 2.45) is 0 Å². The number of thiophene rings is 1. The standard InChI is InChI=1S/C21H14ClN3O4S/c22-13-3-1-12(2-4-13)18-8-15-20(30-18)21(27)25(10-23-15)9-19(26)24-14-5-6-16-17(7-14)29-11-28-16/h1-8,10H,9,11H2,(H,24,26). The molecule has 1 aliphatic heterocycles. The third kappa shape index (κ3) is 3.51. The summed E-state index contributed by atoms with van der Waals surface area (Å²) in [6.45, 7) is 0.0109. The van der Waals surface area contributed by atoms with Gasteiger partial charge in [-0.05, 0) is 35.9 Å². The molecule has 1 aliphatic rings. The average Bonchev–Trinajstić information content (AvgIpc) is 3.37. The normalized spacial score (nSPS) is 12.3. The fraction of sp³-hybridized carbons (Fsp3) is 0.0952. The highest BCUT2D eigenvalue weighted by atomic mass is 35.5. The van der Waals surface area contributed by atoms with Crippen LogP contribution in [-0.2, 0) is 11.3 Å². The molecule has 5 rings (SSSR count). The van der Waals surface area contributed by atoms with Crippen LogP contribution in [0.25, 0.3) is 20.7 Å². The van der Waals surface area contributed by atoms with Crippen molar-refractivity contribution in [1.82, 2.24) is 9.55 Å². The number of nitrogens with one attached hydrogen (secondary N) is 1. The lowest BCUT2D eigenvalue weighted by Gasteiger charge is -2.07. The Morgan fingerprint density at radius 2 is 1.93 bits per heavy atom. The summed E-state index contributed by atoms with van der Waals surface area (Å²) in [5.41, 5.74) is 1.86. The van der Waals surface area contributed by atoms with E-state index in [1.54, 1.807) is 30.3 Å². The zero-order valence-corrected chi connectivity index (χ0v) is 17.0. The van der Waals surface area contributed by atoms with Gasteiger partial charge >= 0.3 is 0 Å². The Bertz CT molecular complexity index is 1330. The van der Waals surface area contributed by atoms with Gasteiger partial charge in [0, 0.05) is 21.7 Å². The Labute approximate surface area is 179 Å². The van der Waals surface area contributed by atoms with Gasteiger partial charge in [-0.3, -0.25) is 14.2 Å². The van der Waals surface area contributed by atoms with Crippen molar-refractivity contribution in [3.05, 3.63) is 70.2 Å². The van der Waals surface area contributed by atoms with Crippen molar-refractivity contribution >= 4 is 44.7 Å². The van der Waals surface area contributed by atoms with Crippen LogP contribution < -0.4 is 20.3 Å². The van der Waals surface area contributed by atoms with Crippen LogP contribution in [0.5, 0.6) is 11.5 Å². The minimum Gasteiger partial charge on any atom is -0.454 e. The molecule has 2 aromatic heterocycles. The van der Waals surface area contributed by atoms with E-state index >= 15 is 0 Å². The number of rotatable bonds is 4. The highest BCUT2D eigenvalue weighted by Crippen LogP contribution is 2.34. The lowest BCUT2D eigenvalue weighted by molar-refractivity contribution is -0.116. The van der Waals surface area contributed by atoms with Gasteiger partial charge in [0.2, 0.25) is 12.7 Å². The summed E-state index contributed by atoms with van der Waals surface area (Å²) in [5, 5.41) is 3.41. The first-order chi connectivity index (χ1) is 14.6. The molecule has 3 heterocycles. The number of hydrogen-bond acceptors (Lipinski definition) is 6. The summed E-state index contributed by atoms with van der Waals surface area (Å²) in [6, 6.07) is 14.4. The van der Waals surface area contributed by atoms with E-state index in [-0.39, 0.29) is 24.8 Å². The van der Waals surface area contributed by atoms with E-state index in [0.29, 0.717) is 32.4 Å². The van der Waals surface area contributed by atoms with Crippen molar-refractivity contribution in [3.8, 4) is 21.9 Å². The van der Waals surface area contributed by atoms with E-state index in [9.17, 15) is 9.59 Å². The van der Waals surface area contributed by atoms with Gasteiger partial charge in [-0.1, -0.05) is 23.7 Å². The molecule has 1 amide bonds. The molecule has 0 unspecified atom stereocenters. The van der Waals surface area contributed by atoms with E-state index < -0.39 is 0 Å². The van der Waals surface area contributed by atoms with Gasteiger partial charge in [0.25, 0.3) is 5.56 Å². The second-order valence-corrected chi connectivity index (χ2v) is 8.11. The monoisotopic (exact) mass is 439 g/mol. The first kappa shape index (κ1) is 18.7. The van der Waals surface area contributed by atoms with E-state index in [2.05, 4.69) is 10.3 Å². The Balaban J connectivity index is 1.38. The summed E-state index contributed by atoms with van der Waals surface area (Å²) >= 11 is 7.29. The number of aromatic nitrogens is 2. The fourth-order valence-electron chi connectivity index (χ4n) is 3.14. The van der Waals surface area contributed by atoms with Gasteiger partial charge in [0.1, 0.15) is 11.2 Å². The third-order valence-electron chi connectivity index (χ3n) is 4.60. The maximum Gasteiger partial charge on any atom is 0.271 e. The van der Waals surface area contributed by atoms with Crippen molar-refractivity contribution in [2.75, 3.05) is 12.1 Å². The molecule has 7 nitrogen and oxygen atoms in total. The molecule has 1 N–H and O–H groups in total. The molecule has 2 aromatic carbocycles. The molecule has 150 valence electrons. The number of ether oxygens (including phenoxy) is 2. The number of halogens is 1. The number of carbonyl (C=O) groups is 1. The lowest BCUT2D eigenvalue weighted by Crippen LogP contribution is -2.27. The third-order valence-corrected chi connectivity index (χ3v) is 6.02. The molecule has 0 saturated carbocycles. The number of hydrogen-bond donors (Lipinski definition) is 1. The minimum absolute atomic E-state index is 0.148. The van der Waals surface area contributed by atoms with E-state index in [1.807, 2.05) is 18.2 Å². The molecule has 0 radical (unpaired) electrons. The van der Waals surface area contributed by atoms with E-state index in [0.717, 1.165) is 10.4 Å². The van der Waals surface area contributed by atoms with Gasteiger partial charge in [-0.2, -0.15) is 0 Å². The zero-order chi connectivity index (χ0) is 20.7. The first-order valence-corrected chi connectivity index (χ1v) is 10.2. The highest BCUT2D eigenvalue weighted by molar-refractivity contribution is 7.22. The van der Waals surface area contributed by atoms with Crippen LogP contribution in [0.2, 0.25) is 5.02 Å². The predicted molar refractivity (Wildman–Crippen MR) is 116 cm³/mol. The van der Waals surface area contributed by atoms with Crippen molar-refractivity contribution in [2.45, 2.75) is 6.54 Å². The van der Waals surface area contributed by atoms with Crippen LogP contribution in [0.1, 0.15) is 0 Å². The van der Waals surface area contributed by atoms with Crippen LogP contribution in [0, 0.1) is 0 Å². The maximum absolute atomic E-state index is 12.9. The fourth-order valence-corrected chi connectivity index (χ4v) is 4.34. The molecule has 9 heteroatoms. The van der Waals surface area contributed by atoms with Crippen molar-refractivity contribution in [1.29, 1.82) is 0 Å². The quantitative estimate of drug-likeness (QED) is 0.516. The van der Waals surface area contributed by atoms with Gasteiger partial charge in [0.05, 0.1) is 11.8 Å². The number of anilines is 1. The Morgan fingerprint density at radius 1 is 1.13 bits per heavy atom. The molecule has 4 aromatic rings. The minimum atomic E-state index is -0.341. The summed E-state index contributed by atoms with van der Waals surface area (Å²) < 4.78 is 12.4. The van der Waals surface area contributed by atoms with E-state index in [4.69, 9.17) is 21.1 Å². The summed E-state index contributed by atoms with van der Waals surface area (Å²) in [6.07, 6.45) is 1.39. The van der Waals surface area contributed by atoms with E-state index in [1.165, 1.54) is 22.2 Å². The number of nitrogens with zero attached hydrogens (tertiary/aromatic N) is 2. The van der Waals surface area contributed by atoms with Crippen molar-refractivity contribution in [3.63, 3.8) is 0 Å². The van der Waals surface area contributed by atoms with Gasteiger partial charge in [0.15, 0.2) is 11.5 Å². The second-order valence-electron chi connectivity index (χ2n) is 6.63. The van der Waals surface area contributed by atoms with Crippen LogP contribution in [0.15, 0.2) is 59.7 Å². The molecule has 0 atom stereocenters. The SMILES string of the molecule is O=C(Cn1cnc2cc(-c3ccc(Cl)cc3)sc2c1=O)Nc1ccc2c(c1)OCO2. The van der Waals surface area contributed by atoms with Crippen molar-refractivity contribution < 1.29 is 14.3 Å². The Kier molecular flexibility index (Phi) is 4.65. The lowest BCUT2D eigenvalue weighted by atomic mass is 10.2. The molecule has 30 heavy (non-hydrogen) atoms. The van der Waals surface area contributed by atoms with Gasteiger partial charge in [-0.15, -0.1) is 11.3 Å². The molecular weight excluding hydrogens is 426 g/mol. The van der Waals surface area contributed by atoms with Crippen LogP contribution >= 0.6 is 22.9 Å². The Hall–Kier alpha value is -3.36. The average molecular weight is 440 g/mol. The summed E-state index contributed by atoms with van der Waals surface area (Å²) in [4.78, 5) is 30.6. The molecule has 0 spiro atoms. The number of carbonyl (C=O) groups excluding carboxylic acids is 1. The maximum atomic E-state index is 12.9.